The number of rotatable bonds is 1. The number of Topliss-reactive ketones (excluding diaryl/α,β-unsaturated/α-hetero) is 1. The minimum Gasteiger partial charge on any atom is -0.388 e. The van der Waals surface area contributed by atoms with Gasteiger partial charge < -0.3 is 10.2 Å². The van der Waals surface area contributed by atoms with E-state index in [0.29, 0.717) is 0 Å². The van der Waals surface area contributed by atoms with Crippen LogP contribution in [0.5, 0.6) is 0 Å². The number of aliphatic hydroxyl groups is 2. The van der Waals surface area contributed by atoms with Crippen LogP contribution in [-0.4, -0.2) is 32.5 Å². The van der Waals surface area contributed by atoms with Crippen LogP contribution in [0.2, 0.25) is 0 Å². The summed E-state index contributed by atoms with van der Waals surface area (Å²) in [6.45, 7) is 0. The molecule has 6 heteroatoms. The van der Waals surface area contributed by atoms with Crippen molar-refractivity contribution < 1.29 is 15.0 Å². The summed E-state index contributed by atoms with van der Waals surface area (Å²) in [5.74, 6) is -0.347. The van der Waals surface area contributed by atoms with Crippen LogP contribution < -0.4 is 0 Å². The van der Waals surface area contributed by atoms with Gasteiger partial charge in [-0.3, -0.25) is 4.79 Å². The lowest BCUT2D eigenvalue weighted by Gasteiger charge is -2.34. The average Bonchev–Trinajstić information content (AvgIpc) is 2.12. The summed E-state index contributed by atoms with van der Waals surface area (Å²) in [6, 6.07) is 1.76. The van der Waals surface area contributed by atoms with E-state index in [4.69, 9.17) is 5.26 Å². The fourth-order valence-corrected chi connectivity index (χ4v) is 2.84. The Morgan fingerprint density at radius 2 is 2.29 bits per heavy atom. The van der Waals surface area contributed by atoms with E-state index >= 15 is 0 Å². The lowest BCUT2D eigenvalue weighted by molar-refractivity contribution is -0.121. The molecule has 4 nitrogen and oxygen atoms in total. The Bertz CT molecular complexity index is 336. The van der Waals surface area contributed by atoms with Crippen LogP contribution in [0.1, 0.15) is 6.42 Å². The molecule has 0 saturated heterocycles. The van der Waals surface area contributed by atoms with Gasteiger partial charge in [0.1, 0.15) is 16.5 Å². The predicted molar refractivity (Wildman–Crippen MR) is 55.9 cm³/mol. The number of nitrogens with zero attached hydrogens (tertiary/aromatic N) is 1. The second-order valence-corrected chi connectivity index (χ2v) is 4.87. The van der Waals surface area contributed by atoms with Crippen LogP contribution in [0, 0.1) is 11.3 Å². The van der Waals surface area contributed by atoms with E-state index in [1.807, 2.05) is 0 Å². The summed E-state index contributed by atoms with van der Waals surface area (Å²) in [5.41, 5.74) is -1.67. The van der Waals surface area contributed by atoms with Gasteiger partial charge in [-0.25, -0.2) is 0 Å². The topological polar surface area (TPSA) is 81.3 Å². The van der Waals surface area contributed by atoms with Crippen LogP contribution >= 0.6 is 31.9 Å². The van der Waals surface area contributed by atoms with Crippen molar-refractivity contribution in [2.75, 3.05) is 0 Å². The molecule has 0 unspecified atom stereocenters. The van der Waals surface area contributed by atoms with E-state index in [0.717, 1.165) is 0 Å². The standard InChI is InChI=1S/C8H7Br2NO3/c9-4-3-8(14,1-2-11)7(13)5(10)6(4)12/h3,5,7,13-14H,1H2/t5-,7-,8-/m0/s1. The molecule has 0 amide bonds. The quantitative estimate of drug-likeness (QED) is 0.693. The zero-order chi connectivity index (χ0) is 10.9. The third kappa shape index (κ3) is 1.91. The Hall–Kier alpha value is -0.220. The maximum absolute atomic E-state index is 11.3. The summed E-state index contributed by atoms with van der Waals surface area (Å²) in [7, 11) is 0. The lowest BCUT2D eigenvalue weighted by atomic mass is 9.85. The van der Waals surface area contributed by atoms with Crippen molar-refractivity contribution in [1.82, 2.24) is 0 Å². The molecular formula is C8H7Br2NO3. The number of aliphatic hydroxyl groups excluding tert-OH is 1. The summed E-state index contributed by atoms with van der Waals surface area (Å²) in [6.07, 6.45) is -0.407. The highest BCUT2D eigenvalue weighted by Crippen LogP contribution is 2.33. The second-order valence-electron chi connectivity index (χ2n) is 3.03. The first-order valence-electron chi connectivity index (χ1n) is 3.76. The van der Waals surface area contributed by atoms with Crippen molar-refractivity contribution in [1.29, 1.82) is 5.26 Å². The van der Waals surface area contributed by atoms with Gasteiger partial charge in [0, 0.05) is 0 Å². The van der Waals surface area contributed by atoms with E-state index in [1.54, 1.807) is 6.07 Å². The number of ketones is 1. The Kier molecular flexibility index (Phi) is 3.48. The van der Waals surface area contributed by atoms with Gasteiger partial charge in [-0.1, -0.05) is 15.9 Å². The van der Waals surface area contributed by atoms with Crippen molar-refractivity contribution in [3.8, 4) is 6.07 Å². The van der Waals surface area contributed by atoms with E-state index in [-0.39, 0.29) is 16.7 Å². The first kappa shape index (κ1) is 11.9. The lowest BCUT2D eigenvalue weighted by Crippen LogP contribution is -2.51. The van der Waals surface area contributed by atoms with Gasteiger partial charge in [0.05, 0.1) is 17.0 Å². The highest BCUT2D eigenvalue weighted by Gasteiger charge is 2.45. The Morgan fingerprint density at radius 1 is 1.71 bits per heavy atom. The second kappa shape index (κ2) is 4.11. The van der Waals surface area contributed by atoms with Gasteiger partial charge in [0.15, 0.2) is 5.78 Å². The fourth-order valence-electron chi connectivity index (χ4n) is 1.19. The molecular weight excluding hydrogens is 318 g/mol. The van der Waals surface area contributed by atoms with Crippen molar-refractivity contribution in [2.24, 2.45) is 0 Å². The highest BCUT2D eigenvalue weighted by molar-refractivity contribution is 9.12. The van der Waals surface area contributed by atoms with Crippen LogP contribution in [0.3, 0.4) is 0 Å². The molecule has 0 fully saturated rings. The monoisotopic (exact) mass is 323 g/mol. The number of carbonyl (C=O) groups excluding carboxylic acids is 1. The maximum Gasteiger partial charge on any atom is 0.185 e. The van der Waals surface area contributed by atoms with E-state index in [2.05, 4.69) is 31.9 Å². The summed E-state index contributed by atoms with van der Waals surface area (Å²) in [5, 5.41) is 27.9. The van der Waals surface area contributed by atoms with E-state index < -0.39 is 16.5 Å². The Morgan fingerprint density at radius 3 is 2.79 bits per heavy atom. The average molecular weight is 325 g/mol. The summed E-state index contributed by atoms with van der Waals surface area (Å²) >= 11 is 5.93. The molecule has 1 aliphatic carbocycles. The Balaban J connectivity index is 3.11. The first-order valence-corrected chi connectivity index (χ1v) is 5.47. The zero-order valence-corrected chi connectivity index (χ0v) is 10.1. The molecule has 3 atom stereocenters. The molecule has 0 aromatic heterocycles. The van der Waals surface area contributed by atoms with Gasteiger partial charge in [-0.05, 0) is 22.0 Å². The molecule has 0 spiro atoms. The minimum atomic E-state index is -1.67. The van der Waals surface area contributed by atoms with Crippen LogP contribution in [0.15, 0.2) is 10.6 Å². The van der Waals surface area contributed by atoms with Crippen molar-refractivity contribution in [3.05, 3.63) is 10.6 Å². The minimum absolute atomic E-state index is 0.169. The molecule has 0 bridgehead atoms. The van der Waals surface area contributed by atoms with Crippen LogP contribution in [0.4, 0.5) is 0 Å². The molecule has 1 aliphatic rings. The highest BCUT2D eigenvalue weighted by atomic mass is 79.9. The molecule has 0 aliphatic heterocycles. The van der Waals surface area contributed by atoms with Crippen LogP contribution in [-0.2, 0) is 4.79 Å². The van der Waals surface area contributed by atoms with Crippen molar-refractivity contribution in [3.63, 3.8) is 0 Å². The molecule has 0 aromatic rings. The zero-order valence-electron chi connectivity index (χ0n) is 6.94. The van der Waals surface area contributed by atoms with Gasteiger partial charge in [0.2, 0.25) is 0 Å². The summed E-state index contributed by atoms with van der Waals surface area (Å²) in [4.78, 5) is 10.4. The van der Waals surface area contributed by atoms with Gasteiger partial charge >= 0.3 is 0 Å². The van der Waals surface area contributed by atoms with Gasteiger partial charge in [-0.2, -0.15) is 5.26 Å². The number of hydrogen-bond acceptors (Lipinski definition) is 4. The largest absolute Gasteiger partial charge is 0.388 e. The first-order chi connectivity index (χ1) is 6.42. The molecule has 0 radical (unpaired) electrons. The molecule has 1 rings (SSSR count). The number of allylic oxidation sites excluding steroid dienone is 1. The normalized spacial score (nSPS) is 37.6. The van der Waals surface area contributed by atoms with Gasteiger partial charge in [0.25, 0.3) is 0 Å². The third-order valence-corrected chi connectivity index (χ3v) is 3.55. The third-order valence-electron chi connectivity index (χ3n) is 2.01. The molecule has 14 heavy (non-hydrogen) atoms. The number of carbonyl (C=O) groups is 1. The van der Waals surface area contributed by atoms with Crippen LogP contribution in [0.25, 0.3) is 0 Å². The molecule has 0 aromatic carbocycles. The maximum atomic E-state index is 11.3. The molecule has 0 saturated carbocycles. The van der Waals surface area contributed by atoms with E-state index in [9.17, 15) is 15.0 Å². The predicted octanol–water partition coefficient (Wildman–Crippen LogP) is 0.617. The number of hydrogen-bond donors (Lipinski definition) is 2. The molecule has 0 heterocycles. The smallest absolute Gasteiger partial charge is 0.185 e. The summed E-state index contributed by atoms with van der Waals surface area (Å²) < 4.78 is 0.169. The Labute approximate surface area is 97.5 Å². The van der Waals surface area contributed by atoms with Crippen molar-refractivity contribution >= 4 is 37.6 Å². The molecule has 76 valence electrons. The van der Waals surface area contributed by atoms with Crippen molar-refractivity contribution in [2.45, 2.75) is 23.0 Å². The number of nitriles is 1. The van der Waals surface area contributed by atoms with Gasteiger partial charge in [-0.15, -0.1) is 0 Å². The number of halogens is 2. The van der Waals surface area contributed by atoms with E-state index in [1.165, 1.54) is 6.08 Å². The fraction of sp³-hybridized carbons (Fsp3) is 0.500. The molecule has 2 N–H and O–H groups in total. The number of alkyl halides is 1. The SMILES string of the molecule is N#CC[C@]1(O)C=C(Br)C(=O)[C@H](Br)[C@@H]1O.